The molecule has 5 heteroatoms. The lowest BCUT2D eigenvalue weighted by Crippen LogP contribution is -2.36. The second kappa shape index (κ2) is 4.55. The molecule has 18 heavy (non-hydrogen) atoms. The van der Waals surface area contributed by atoms with E-state index < -0.39 is 0 Å². The quantitative estimate of drug-likeness (QED) is 0.875. The van der Waals surface area contributed by atoms with Crippen molar-refractivity contribution in [3.63, 3.8) is 0 Å². The van der Waals surface area contributed by atoms with E-state index in [0.29, 0.717) is 0 Å². The summed E-state index contributed by atoms with van der Waals surface area (Å²) in [7, 11) is 1.84. The zero-order valence-electron chi connectivity index (χ0n) is 10.3. The summed E-state index contributed by atoms with van der Waals surface area (Å²) in [5.41, 5.74) is 2.09. The number of aromatic nitrogens is 2. The molecule has 4 nitrogen and oxygen atoms in total. The lowest BCUT2D eigenvalue weighted by molar-refractivity contribution is 0.369. The van der Waals surface area contributed by atoms with Gasteiger partial charge in [-0.1, -0.05) is 15.9 Å². The van der Waals surface area contributed by atoms with E-state index in [1.165, 1.54) is 0 Å². The minimum absolute atomic E-state index is 0.0804. The second-order valence-corrected chi connectivity index (χ2v) is 5.76. The van der Waals surface area contributed by atoms with Gasteiger partial charge in [0.2, 0.25) is 0 Å². The summed E-state index contributed by atoms with van der Waals surface area (Å²) in [5, 5.41) is 3.37. The van der Waals surface area contributed by atoms with E-state index in [0.717, 1.165) is 41.4 Å². The summed E-state index contributed by atoms with van der Waals surface area (Å²) < 4.78 is 4.68. The van der Waals surface area contributed by atoms with Crippen molar-refractivity contribution >= 4 is 27.0 Å². The van der Waals surface area contributed by atoms with Crippen molar-refractivity contribution in [1.29, 1.82) is 0 Å². The van der Waals surface area contributed by atoms with E-state index in [1.807, 2.05) is 29.8 Å². The monoisotopic (exact) mass is 309 g/mol. The average molecular weight is 310 g/mol. The van der Waals surface area contributed by atoms with Crippen LogP contribution in [0.5, 0.6) is 0 Å². The van der Waals surface area contributed by atoms with Crippen molar-refractivity contribution in [2.45, 2.75) is 18.9 Å². The van der Waals surface area contributed by atoms with E-state index in [2.05, 4.69) is 21.2 Å². The summed E-state index contributed by atoms with van der Waals surface area (Å²) in [4.78, 5) is 12.4. The topological polar surface area (TPSA) is 39.0 Å². The molecule has 1 fully saturated rings. The van der Waals surface area contributed by atoms with Gasteiger partial charge >= 0.3 is 5.69 Å². The highest BCUT2D eigenvalue weighted by Crippen LogP contribution is 2.24. The van der Waals surface area contributed by atoms with Crippen molar-refractivity contribution in [2.75, 3.05) is 13.1 Å². The minimum atomic E-state index is 0.0804. The van der Waals surface area contributed by atoms with Gasteiger partial charge in [0.05, 0.1) is 17.1 Å². The molecule has 1 unspecified atom stereocenters. The zero-order chi connectivity index (χ0) is 12.7. The smallest absolute Gasteiger partial charge is 0.315 e. The van der Waals surface area contributed by atoms with Crippen molar-refractivity contribution in [3.05, 3.63) is 33.2 Å². The molecule has 3 rings (SSSR count). The Morgan fingerprint density at radius 2 is 2.22 bits per heavy atom. The van der Waals surface area contributed by atoms with Gasteiger partial charge in [0.1, 0.15) is 0 Å². The molecule has 1 aliphatic rings. The first kappa shape index (κ1) is 12.0. The van der Waals surface area contributed by atoms with Gasteiger partial charge < -0.3 is 5.32 Å². The van der Waals surface area contributed by atoms with Crippen LogP contribution in [0.15, 0.2) is 27.5 Å². The van der Waals surface area contributed by atoms with Crippen molar-refractivity contribution in [1.82, 2.24) is 14.5 Å². The number of rotatable bonds is 1. The van der Waals surface area contributed by atoms with E-state index in [9.17, 15) is 4.79 Å². The third-order valence-electron chi connectivity index (χ3n) is 3.69. The summed E-state index contributed by atoms with van der Waals surface area (Å²) in [6.07, 6.45) is 2.19. The number of benzene rings is 1. The Kier molecular flexibility index (Phi) is 3.03. The minimum Gasteiger partial charge on any atom is -0.315 e. The summed E-state index contributed by atoms with van der Waals surface area (Å²) in [6.45, 7) is 1.94. The molecule has 0 saturated carbocycles. The fourth-order valence-electron chi connectivity index (χ4n) is 2.75. The number of nitrogens with one attached hydrogen (secondary N) is 1. The van der Waals surface area contributed by atoms with Crippen LogP contribution in [-0.2, 0) is 7.05 Å². The van der Waals surface area contributed by atoms with Crippen LogP contribution >= 0.6 is 15.9 Å². The number of halogens is 1. The Morgan fingerprint density at radius 1 is 1.39 bits per heavy atom. The Balaban J connectivity index is 2.23. The number of hydrogen-bond acceptors (Lipinski definition) is 2. The molecule has 1 N–H and O–H groups in total. The van der Waals surface area contributed by atoms with Gasteiger partial charge in [0, 0.05) is 18.1 Å². The number of imidazole rings is 1. The predicted octanol–water partition coefficient (Wildman–Crippen LogP) is 2.03. The van der Waals surface area contributed by atoms with Crippen LogP contribution in [0.25, 0.3) is 11.0 Å². The highest BCUT2D eigenvalue weighted by Gasteiger charge is 2.21. The molecule has 1 aliphatic heterocycles. The second-order valence-electron chi connectivity index (χ2n) is 4.84. The van der Waals surface area contributed by atoms with Crippen LogP contribution in [0.3, 0.4) is 0 Å². The van der Waals surface area contributed by atoms with Gasteiger partial charge in [-0.05, 0) is 37.6 Å². The molecule has 0 radical (unpaired) electrons. The standard InChI is InChI=1S/C13H16BrN3O/c1-16-11-5-4-9(14)7-12(11)17(13(16)18)10-3-2-6-15-8-10/h4-5,7,10,15H,2-3,6,8H2,1H3. The van der Waals surface area contributed by atoms with Gasteiger partial charge in [-0.15, -0.1) is 0 Å². The van der Waals surface area contributed by atoms with Crippen LogP contribution in [0.1, 0.15) is 18.9 Å². The van der Waals surface area contributed by atoms with E-state index in [4.69, 9.17) is 0 Å². The average Bonchev–Trinajstić information content (AvgIpc) is 2.63. The first-order valence-corrected chi connectivity index (χ1v) is 7.05. The number of fused-ring (bicyclic) bond motifs is 1. The molecule has 2 heterocycles. The van der Waals surface area contributed by atoms with Crippen LogP contribution < -0.4 is 11.0 Å². The molecule has 0 amide bonds. The van der Waals surface area contributed by atoms with Crippen LogP contribution in [-0.4, -0.2) is 22.2 Å². The third kappa shape index (κ3) is 1.82. The fourth-order valence-corrected chi connectivity index (χ4v) is 3.10. The summed E-state index contributed by atoms with van der Waals surface area (Å²) in [5.74, 6) is 0. The maximum absolute atomic E-state index is 12.4. The number of aryl methyl sites for hydroxylation is 1. The van der Waals surface area contributed by atoms with Crippen LogP contribution in [0.4, 0.5) is 0 Å². The zero-order valence-corrected chi connectivity index (χ0v) is 11.9. The van der Waals surface area contributed by atoms with Crippen molar-refractivity contribution in [2.24, 2.45) is 7.05 Å². The molecule has 2 aromatic rings. The number of hydrogen-bond donors (Lipinski definition) is 1. The van der Waals surface area contributed by atoms with Crippen LogP contribution in [0, 0.1) is 0 Å². The molecule has 1 atom stereocenters. The van der Waals surface area contributed by atoms with Gasteiger partial charge in [-0.2, -0.15) is 0 Å². The molecular formula is C13H16BrN3O. The molecule has 0 spiro atoms. The highest BCUT2D eigenvalue weighted by molar-refractivity contribution is 9.10. The first-order chi connectivity index (χ1) is 8.68. The summed E-state index contributed by atoms with van der Waals surface area (Å²) >= 11 is 3.48. The molecule has 1 aromatic heterocycles. The van der Waals surface area contributed by atoms with Crippen molar-refractivity contribution < 1.29 is 0 Å². The van der Waals surface area contributed by atoms with Gasteiger partial charge in [0.15, 0.2) is 0 Å². The number of piperidine rings is 1. The Labute approximate surface area is 114 Å². The largest absolute Gasteiger partial charge is 0.329 e. The lowest BCUT2D eigenvalue weighted by Gasteiger charge is -2.24. The Morgan fingerprint density at radius 3 is 2.94 bits per heavy atom. The van der Waals surface area contributed by atoms with E-state index in [-0.39, 0.29) is 11.7 Å². The molecule has 0 aliphatic carbocycles. The third-order valence-corrected chi connectivity index (χ3v) is 4.18. The molecule has 1 saturated heterocycles. The molecule has 96 valence electrons. The van der Waals surface area contributed by atoms with E-state index >= 15 is 0 Å². The maximum atomic E-state index is 12.4. The fraction of sp³-hybridized carbons (Fsp3) is 0.462. The van der Waals surface area contributed by atoms with Crippen molar-refractivity contribution in [3.8, 4) is 0 Å². The molecule has 0 bridgehead atoms. The van der Waals surface area contributed by atoms with Gasteiger partial charge in [-0.3, -0.25) is 9.13 Å². The summed E-state index contributed by atoms with van der Waals surface area (Å²) in [6, 6.07) is 6.27. The van der Waals surface area contributed by atoms with Crippen LogP contribution in [0.2, 0.25) is 0 Å². The lowest BCUT2D eigenvalue weighted by atomic mass is 10.1. The number of nitrogens with zero attached hydrogens (tertiary/aromatic N) is 2. The molecule has 1 aromatic carbocycles. The predicted molar refractivity (Wildman–Crippen MR) is 76.0 cm³/mol. The van der Waals surface area contributed by atoms with E-state index in [1.54, 1.807) is 4.57 Å². The Hall–Kier alpha value is -1.07. The highest BCUT2D eigenvalue weighted by atomic mass is 79.9. The first-order valence-electron chi connectivity index (χ1n) is 6.25. The SMILES string of the molecule is Cn1c(=O)n(C2CCCNC2)c2cc(Br)ccc21. The molecular weight excluding hydrogens is 294 g/mol. The van der Waals surface area contributed by atoms with Gasteiger partial charge in [-0.25, -0.2) is 4.79 Å². The van der Waals surface area contributed by atoms with Gasteiger partial charge in [0.25, 0.3) is 0 Å². The Bertz CT molecular complexity index is 637. The maximum Gasteiger partial charge on any atom is 0.329 e. The normalized spacial score (nSPS) is 20.4.